The van der Waals surface area contributed by atoms with Crippen molar-refractivity contribution in [2.45, 2.75) is 20.0 Å². The molecule has 0 aliphatic carbocycles. The summed E-state index contributed by atoms with van der Waals surface area (Å²) in [6, 6.07) is 3.17. The maximum absolute atomic E-state index is 13.4. The molecule has 1 aromatic carbocycles. The number of nitrogens with zero attached hydrogens (tertiary/aromatic N) is 2. The highest BCUT2D eigenvalue weighted by atomic mass is 19.1. The number of carbonyl (C=O) groups is 1. The number of carbonyl (C=O) groups excluding carboxylic acids is 1. The fourth-order valence-electron chi connectivity index (χ4n) is 1.70. The zero-order chi connectivity index (χ0) is 14.7. The van der Waals surface area contributed by atoms with E-state index in [1.165, 1.54) is 10.7 Å². The molecule has 106 valence electrons. The summed E-state index contributed by atoms with van der Waals surface area (Å²) in [6.45, 7) is 2.38. The van der Waals surface area contributed by atoms with E-state index in [1.54, 1.807) is 6.20 Å². The van der Waals surface area contributed by atoms with Gasteiger partial charge in [-0.05, 0) is 13.0 Å². The van der Waals surface area contributed by atoms with Gasteiger partial charge < -0.3 is 11.1 Å². The fourth-order valence-corrected chi connectivity index (χ4v) is 1.70. The third-order valence-electron chi connectivity index (χ3n) is 2.78. The molecule has 5 nitrogen and oxygen atoms in total. The van der Waals surface area contributed by atoms with Gasteiger partial charge in [0.25, 0.3) is 5.91 Å². The van der Waals surface area contributed by atoms with Crippen LogP contribution >= 0.6 is 0 Å². The molecule has 0 saturated heterocycles. The minimum absolute atomic E-state index is 0.0661. The number of nitrogens with one attached hydrogen (secondary N) is 1. The average Bonchev–Trinajstić information content (AvgIpc) is 2.79. The van der Waals surface area contributed by atoms with Gasteiger partial charge in [-0.15, -0.1) is 0 Å². The zero-order valence-electron chi connectivity index (χ0n) is 10.9. The van der Waals surface area contributed by atoms with E-state index >= 15 is 0 Å². The van der Waals surface area contributed by atoms with Gasteiger partial charge in [-0.1, -0.05) is 6.07 Å². The van der Waals surface area contributed by atoms with Crippen LogP contribution in [0.2, 0.25) is 0 Å². The molecule has 1 heterocycles. The number of nitrogen functional groups attached to an aromatic ring is 1. The van der Waals surface area contributed by atoms with E-state index in [0.717, 1.165) is 12.1 Å². The molecule has 0 radical (unpaired) electrons. The first-order valence-electron chi connectivity index (χ1n) is 6.06. The molecule has 1 aromatic heterocycles. The van der Waals surface area contributed by atoms with Crippen molar-refractivity contribution in [3.05, 3.63) is 47.3 Å². The van der Waals surface area contributed by atoms with Crippen molar-refractivity contribution in [2.75, 3.05) is 5.73 Å². The number of benzene rings is 1. The number of rotatable bonds is 4. The van der Waals surface area contributed by atoms with Gasteiger partial charge in [0, 0.05) is 30.9 Å². The van der Waals surface area contributed by atoms with Crippen molar-refractivity contribution >= 4 is 11.6 Å². The molecule has 0 aliphatic rings. The number of nitrogens with two attached hydrogens (primary N) is 1. The summed E-state index contributed by atoms with van der Waals surface area (Å²) in [6.07, 6.45) is 1.55. The lowest BCUT2D eigenvalue weighted by Gasteiger charge is -2.05. The highest BCUT2D eigenvalue weighted by Crippen LogP contribution is 2.11. The largest absolute Gasteiger partial charge is 0.396 e. The second-order valence-electron chi connectivity index (χ2n) is 4.21. The standard InChI is InChI=1S/C13H14F2N4O/c1-2-19-7-11(16)12(18-19)13(20)17-6-8-3-4-9(14)5-10(8)15/h3-5,7H,2,6,16H2,1H3,(H,17,20). The third kappa shape index (κ3) is 2.93. The Kier molecular flexibility index (Phi) is 3.97. The summed E-state index contributed by atoms with van der Waals surface area (Å²) >= 11 is 0. The normalized spacial score (nSPS) is 10.6. The van der Waals surface area contributed by atoms with Crippen LogP contribution in [0.15, 0.2) is 24.4 Å². The molecule has 0 aliphatic heterocycles. The second kappa shape index (κ2) is 5.68. The van der Waals surface area contributed by atoms with Crippen LogP contribution in [0.4, 0.5) is 14.5 Å². The molecule has 0 bridgehead atoms. The lowest BCUT2D eigenvalue weighted by molar-refractivity contribution is 0.0945. The van der Waals surface area contributed by atoms with Gasteiger partial charge in [0.2, 0.25) is 0 Å². The molecule has 20 heavy (non-hydrogen) atoms. The molecular weight excluding hydrogens is 266 g/mol. The van der Waals surface area contributed by atoms with Crippen molar-refractivity contribution in [3.8, 4) is 0 Å². The molecule has 3 N–H and O–H groups in total. The zero-order valence-corrected chi connectivity index (χ0v) is 10.9. The highest BCUT2D eigenvalue weighted by Gasteiger charge is 2.15. The first kappa shape index (κ1) is 14.0. The Morgan fingerprint density at radius 1 is 1.45 bits per heavy atom. The molecule has 2 rings (SSSR count). The maximum Gasteiger partial charge on any atom is 0.274 e. The Hall–Kier alpha value is -2.44. The van der Waals surface area contributed by atoms with Gasteiger partial charge in [0.1, 0.15) is 11.6 Å². The van der Waals surface area contributed by atoms with E-state index in [-0.39, 0.29) is 23.5 Å². The van der Waals surface area contributed by atoms with Crippen LogP contribution in [0, 0.1) is 11.6 Å². The van der Waals surface area contributed by atoms with E-state index in [2.05, 4.69) is 10.4 Å². The summed E-state index contributed by atoms with van der Waals surface area (Å²) in [4.78, 5) is 11.9. The van der Waals surface area contributed by atoms with E-state index < -0.39 is 17.5 Å². The van der Waals surface area contributed by atoms with Crippen LogP contribution in [0.5, 0.6) is 0 Å². The number of hydrogen-bond acceptors (Lipinski definition) is 3. The number of halogens is 2. The Morgan fingerprint density at radius 2 is 2.20 bits per heavy atom. The van der Waals surface area contributed by atoms with Gasteiger partial charge in [-0.25, -0.2) is 8.78 Å². The predicted molar refractivity (Wildman–Crippen MR) is 69.8 cm³/mol. The van der Waals surface area contributed by atoms with Crippen molar-refractivity contribution in [3.63, 3.8) is 0 Å². The Labute approximate surface area is 114 Å². The van der Waals surface area contributed by atoms with E-state index in [9.17, 15) is 13.6 Å². The smallest absolute Gasteiger partial charge is 0.274 e. The van der Waals surface area contributed by atoms with E-state index in [0.29, 0.717) is 6.54 Å². The summed E-state index contributed by atoms with van der Waals surface area (Å²) < 4.78 is 27.7. The van der Waals surface area contributed by atoms with Gasteiger partial charge in [0.05, 0.1) is 5.69 Å². The van der Waals surface area contributed by atoms with Crippen LogP contribution in [0.25, 0.3) is 0 Å². The van der Waals surface area contributed by atoms with Crippen molar-refractivity contribution in [2.24, 2.45) is 0 Å². The fraction of sp³-hybridized carbons (Fsp3) is 0.231. The first-order valence-corrected chi connectivity index (χ1v) is 6.06. The van der Waals surface area contributed by atoms with Gasteiger partial charge in [0.15, 0.2) is 5.69 Å². The van der Waals surface area contributed by atoms with Gasteiger partial charge >= 0.3 is 0 Å². The summed E-state index contributed by atoms with van der Waals surface area (Å²) in [7, 11) is 0. The minimum Gasteiger partial charge on any atom is -0.396 e. The number of aryl methyl sites for hydroxylation is 1. The number of aromatic nitrogens is 2. The van der Waals surface area contributed by atoms with Crippen molar-refractivity contribution in [1.29, 1.82) is 0 Å². The van der Waals surface area contributed by atoms with Crippen LogP contribution in [0.3, 0.4) is 0 Å². The minimum atomic E-state index is -0.711. The van der Waals surface area contributed by atoms with Crippen molar-refractivity contribution in [1.82, 2.24) is 15.1 Å². The third-order valence-corrected chi connectivity index (χ3v) is 2.78. The molecule has 2 aromatic rings. The monoisotopic (exact) mass is 280 g/mol. The molecule has 0 unspecified atom stereocenters. The lowest BCUT2D eigenvalue weighted by Crippen LogP contribution is -2.24. The van der Waals surface area contributed by atoms with Crippen LogP contribution in [0.1, 0.15) is 23.0 Å². The summed E-state index contributed by atoms with van der Waals surface area (Å²) in [5, 5.41) is 6.50. The molecule has 1 amide bonds. The van der Waals surface area contributed by atoms with Crippen LogP contribution < -0.4 is 11.1 Å². The molecule has 7 heteroatoms. The molecule has 0 saturated carbocycles. The SMILES string of the molecule is CCn1cc(N)c(C(=O)NCc2ccc(F)cc2F)n1. The molecule has 0 atom stereocenters. The van der Waals surface area contributed by atoms with Crippen LogP contribution in [-0.4, -0.2) is 15.7 Å². The number of amides is 1. The predicted octanol–water partition coefficient (Wildman–Crippen LogP) is 1.69. The summed E-state index contributed by atoms with van der Waals surface area (Å²) in [5.41, 5.74) is 6.20. The Balaban J connectivity index is 2.06. The maximum atomic E-state index is 13.4. The van der Waals surface area contributed by atoms with Crippen LogP contribution in [-0.2, 0) is 13.1 Å². The topological polar surface area (TPSA) is 72.9 Å². The summed E-state index contributed by atoms with van der Waals surface area (Å²) in [5.74, 6) is -1.88. The second-order valence-corrected chi connectivity index (χ2v) is 4.21. The molecular formula is C13H14F2N4O. The van der Waals surface area contributed by atoms with E-state index in [4.69, 9.17) is 5.73 Å². The Bertz CT molecular complexity index is 639. The van der Waals surface area contributed by atoms with Gasteiger partial charge in [-0.3, -0.25) is 9.48 Å². The molecule has 0 spiro atoms. The average molecular weight is 280 g/mol. The van der Waals surface area contributed by atoms with Gasteiger partial charge in [-0.2, -0.15) is 5.10 Å². The Morgan fingerprint density at radius 3 is 2.80 bits per heavy atom. The lowest BCUT2D eigenvalue weighted by atomic mass is 10.2. The first-order chi connectivity index (χ1) is 9.51. The highest BCUT2D eigenvalue weighted by molar-refractivity contribution is 5.96. The number of hydrogen-bond donors (Lipinski definition) is 2. The van der Waals surface area contributed by atoms with E-state index in [1.807, 2.05) is 6.92 Å². The quantitative estimate of drug-likeness (QED) is 0.895. The number of anilines is 1. The molecule has 0 fully saturated rings. The van der Waals surface area contributed by atoms with Crippen molar-refractivity contribution < 1.29 is 13.6 Å².